The minimum Gasteiger partial charge on any atom is -0.258 e. The summed E-state index contributed by atoms with van der Waals surface area (Å²) in [6.45, 7) is 6.87. The van der Waals surface area contributed by atoms with E-state index in [2.05, 4.69) is 24.7 Å². The Morgan fingerprint density at radius 3 is 0.656 bits per heavy atom. The molecule has 0 heterocycles. The maximum absolute atomic E-state index is 3.42. The molecule has 0 amide bonds. The monoisotopic (exact) mass is 453 g/mol. The summed E-state index contributed by atoms with van der Waals surface area (Å²) in [6, 6.07) is 0. The second-order valence-corrected chi connectivity index (χ2v) is 10.3. The number of unbranched alkanes of at least 4 members (excludes halogenated alkanes) is 24. The summed E-state index contributed by atoms with van der Waals surface area (Å²) in [5.74, 6) is 0. The van der Waals surface area contributed by atoms with Crippen LogP contribution in [0.15, 0.2) is 0 Å². The average Bonchev–Trinajstić information content (AvgIpc) is 2.81. The molecule has 0 aromatic heterocycles. The highest BCUT2D eigenvalue weighted by Crippen LogP contribution is 2.13. The molecule has 2 heteroatoms. The van der Waals surface area contributed by atoms with E-state index in [9.17, 15) is 0 Å². The third-order valence-electron chi connectivity index (χ3n) is 6.94. The van der Waals surface area contributed by atoms with Crippen LogP contribution in [0.4, 0.5) is 0 Å². The first-order valence-electron chi connectivity index (χ1n) is 15.4. The molecular formula is C30H64N2. The molecule has 0 aliphatic heterocycles. The van der Waals surface area contributed by atoms with Gasteiger partial charge in [-0.3, -0.25) is 10.9 Å². The molecule has 194 valence electrons. The molecule has 32 heavy (non-hydrogen) atoms. The zero-order valence-corrected chi connectivity index (χ0v) is 22.8. The van der Waals surface area contributed by atoms with Gasteiger partial charge in [0, 0.05) is 13.1 Å². The van der Waals surface area contributed by atoms with Crippen LogP contribution >= 0.6 is 0 Å². The van der Waals surface area contributed by atoms with Crippen molar-refractivity contribution in [3.8, 4) is 0 Å². The highest BCUT2D eigenvalue weighted by molar-refractivity contribution is 4.52. The summed E-state index contributed by atoms with van der Waals surface area (Å²) in [5.41, 5.74) is 6.83. The summed E-state index contributed by atoms with van der Waals surface area (Å²) >= 11 is 0. The molecule has 0 aromatic carbocycles. The van der Waals surface area contributed by atoms with Gasteiger partial charge in [0.1, 0.15) is 0 Å². The molecule has 0 fully saturated rings. The smallest absolute Gasteiger partial charge is 0.00997 e. The van der Waals surface area contributed by atoms with Crippen LogP contribution in [0.2, 0.25) is 0 Å². The zero-order valence-electron chi connectivity index (χ0n) is 22.8. The lowest BCUT2D eigenvalue weighted by molar-refractivity contribution is 0.476. The van der Waals surface area contributed by atoms with Crippen molar-refractivity contribution in [1.82, 2.24) is 10.9 Å². The first-order valence-corrected chi connectivity index (χ1v) is 15.4. The predicted octanol–water partition coefficient (Wildman–Crippen LogP) is 10.3. The number of hydrogen-bond donors (Lipinski definition) is 2. The van der Waals surface area contributed by atoms with Crippen molar-refractivity contribution >= 4 is 0 Å². The normalized spacial score (nSPS) is 11.4. The van der Waals surface area contributed by atoms with Crippen LogP contribution in [0, 0.1) is 0 Å². The highest BCUT2D eigenvalue weighted by Gasteiger charge is 1.95. The average molecular weight is 453 g/mol. The van der Waals surface area contributed by atoms with Gasteiger partial charge in [-0.05, 0) is 12.8 Å². The fourth-order valence-electron chi connectivity index (χ4n) is 4.64. The Morgan fingerprint density at radius 1 is 0.250 bits per heavy atom. The Hall–Kier alpha value is -0.0800. The van der Waals surface area contributed by atoms with E-state index in [1.165, 1.54) is 167 Å². The SMILES string of the molecule is CCCCCCCCCCCCCCCCCCNNCCCCCCCCCCCC. The molecule has 2 N–H and O–H groups in total. The Bertz CT molecular complexity index is 275. The second-order valence-electron chi connectivity index (χ2n) is 10.3. The van der Waals surface area contributed by atoms with Crippen molar-refractivity contribution in [2.45, 2.75) is 181 Å². The first kappa shape index (κ1) is 31.9. The standard InChI is InChI=1S/C30H64N2/c1-3-5-7-9-11-13-15-16-17-18-19-20-22-24-26-28-30-32-31-29-27-25-23-21-14-12-10-8-6-4-2/h31-32H,3-30H2,1-2H3. The van der Waals surface area contributed by atoms with Gasteiger partial charge in [0.15, 0.2) is 0 Å². The third-order valence-corrected chi connectivity index (χ3v) is 6.94. The Balaban J connectivity index is 2.98. The number of rotatable bonds is 29. The topological polar surface area (TPSA) is 24.1 Å². The van der Waals surface area contributed by atoms with Gasteiger partial charge in [-0.15, -0.1) is 0 Å². The highest BCUT2D eigenvalue weighted by atomic mass is 15.3. The lowest BCUT2D eigenvalue weighted by Crippen LogP contribution is -2.33. The van der Waals surface area contributed by atoms with E-state index in [1.807, 2.05) is 0 Å². The molecule has 0 aliphatic carbocycles. The van der Waals surface area contributed by atoms with Crippen LogP contribution in [0.3, 0.4) is 0 Å². The van der Waals surface area contributed by atoms with Crippen LogP contribution in [0.5, 0.6) is 0 Å². The molecule has 0 rings (SSSR count). The largest absolute Gasteiger partial charge is 0.258 e. The van der Waals surface area contributed by atoms with Crippen molar-refractivity contribution in [1.29, 1.82) is 0 Å². The van der Waals surface area contributed by atoms with Gasteiger partial charge in [-0.1, -0.05) is 168 Å². The molecule has 0 unspecified atom stereocenters. The van der Waals surface area contributed by atoms with Gasteiger partial charge in [0.05, 0.1) is 0 Å². The summed E-state index contributed by atoms with van der Waals surface area (Å²) in [4.78, 5) is 0. The first-order chi connectivity index (χ1) is 15.9. The lowest BCUT2D eigenvalue weighted by Gasteiger charge is -2.07. The summed E-state index contributed by atoms with van der Waals surface area (Å²) in [7, 11) is 0. The molecular weight excluding hydrogens is 388 g/mol. The number of hydrazine groups is 1. The zero-order chi connectivity index (χ0) is 23.2. The van der Waals surface area contributed by atoms with Crippen LogP contribution < -0.4 is 10.9 Å². The van der Waals surface area contributed by atoms with E-state index in [-0.39, 0.29) is 0 Å². The van der Waals surface area contributed by atoms with Gasteiger partial charge in [-0.2, -0.15) is 0 Å². The van der Waals surface area contributed by atoms with Crippen LogP contribution in [0.1, 0.15) is 181 Å². The van der Waals surface area contributed by atoms with Crippen LogP contribution in [0.25, 0.3) is 0 Å². The van der Waals surface area contributed by atoms with E-state index < -0.39 is 0 Å². The van der Waals surface area contributed by atoms with E-state index >= 15 is 0 Å². The molecule has 0 atom stereocenters. The fourth-order valence-corrected chi connectivity index (χ4v) is 4.64. The van der Waals surface area contributed by atoms with Gasteiger partial charge in [0.25, 0.3) is 0 Å². The molecule has 0 spiro atoms. The molecule has 0 radical (unpaired) electrons. The number of nitrogens with one attached hydrogen (secondary N) is 2. The maximum atomic E-state index is 3.42. The van der Waals surface area contributed by atoms with Gasteiger partial charge < -0.3 is 0 Å². The molecule has 0 aliphatic rings. The molecule has 0 aromatic rings. The van der Waals surface area contributed by atoms with Gasteiger partial charge >= 0.3 is 0 Å². The fraction of sp³-hybridized carbons (Fsp3) is 1.00. The quantitative estimate of drug-likeness (QED) is 0.0870. The van der Waals surface area contributed by atoms with Crippen molar-refractivity contribution in [2.24, 2.45) is 0 Å². The second kappa shape index (κ2) is 30.9. The molecule has 0 saturated heterocycles. The van der Waals surface area contributed by atoms with Crippen LogP contribution in [-0.2, 0) is 0 Å². The lowest BCUT2D eigenvalue weighted by atomic mass is 10.0. The van der Waals surface area contributed by atoms with E-state index in [0.29, 0.717) is 0 Å². The minimum absolute atomic E-state index is 1.13. The van der Waals surface area contributed by atoms with Gasteiger partial charge in [-0.25, -0.2) is 0 Å². The third kappa shape index (κ3) is 29.9. The van der Waals surface area contributed by atoms with Crippen molar-refractivity contribution in [3.63, 3.8) is 0 Å². The molecule has 2 nitrogen and oxygen atoms in total. The Kier molecular flexibility index (Phi) is 30.8. The predicted molar refractivity (Wildman–Crippen MR) is 147 cm³/mol. The Labute approximate surface area is 204 Å². The molecule has 0 saturated carbocycles. The summed E-state index contributed by atoms with van der Waals surface area (Å²) < 4.78 is 0. The van der Waals surface area contributed by atoms with Crippen LogP contribution in [-0.4, -0.2) is 13.1 Å². The minimum atomic E-state index is 1.13. The van der Waals surface area contributed by atoms with Gasteiger partial charge in [0.2, 0.25) is 0 Å². The summed E-state index contributed by atoms with van der Waals surface area (Å²) in [6.07, 6.45) is 37.3. The van der Waals surface area contributed by atoms with E-state index in [4.69, 9.17) is 0 Å². The summed E-state index contributed by atoms with van der Waals surface area (Å²) in [5, 5.41) is 0. The van der Waals surface area contributed by atoms with Crippen molar-refractivity contribution in [2.75, 3.05) is 13.1 Å². The van der Waals surface area contributed by atoms with Crippen molar-refractivity contribution < 1.29 is 0 Å². The molecule has 0 bridgehead atoms. The van der Waals surface area contributed by atoms with E-state index in [1.54, 1.807) is 0 Å². The number of hydrogen-bond acceptors (Lipinski definition) is 2. The van der Waals surface area contributed by atoms with E-state index in [0.717, 1.165) is 13.1 Å². The maximum Gasteiger partial charge on any atom is 0.00997 e. The van der Waals surface area contributed by atoms with Crippen molar-refractivity contribution in [3.05, 3.63) is 0 Å². The Morgan fingerprint density at radius 2 is 0.438 bits per heavy atom.